The maximum absolute atomic E-state index is 4.90. The van der Waals surface area contributed by atoms with Gasteiger partial charge in [0.1, 0.15) is 0 Å². The van der Waals surface area contributed by atoms with Gasteiger partial charge in [-0.2, -0.15) is 22.2 Å². The summed E-state index contributed by atoms with van der Waals surface area (Å²) in [6.07, 6.45) is 7.01. The van der Waals surface area contributed by atoms with Gasteiger partial charge >= 0.3 is 0 Å². The third-order valence-electron chi connectivity index (χ3n) is 1.21. The Morgan fingerprint density at radius 2 is 1.20 bits per heavy atom. The average Bonchev–Trinajstić information content (AvgIpc) is 1.91. The first-order valence-corrected chi connectivity index (χ1v) is 8.22. The van der Waals surface area contributed by atoms with Crippen molar-refractivity contribution in [2.24, 2.45) is 0 Å². The Morgan fingerprint density at radius 3 is 1.40 bits per heavy atom. The van der Waals surface area contributed by atoms with E-state index in [-0.39, 0.29) is 0 Å². The molecule has 3 heteroatoms. The zero-order chi connectivity index (χ0) is 8.24. The smallest absolute Gasteiger partial charge is 0.155 e. The molecule has 0 unspecified atom stereocenters. The molecule has 0 N–H and O–H groups in total. The highest BCUT2D eigenvalue weighted by molar-refractivity contribution is 7.22. The summed E-state index contributed by atoms with van der Waals surface area (Å²) in [4.78, 5) is 0. The van der Waals surface area contributed by atoms with Gasteiger partial charge in [-0.15, -0.1) is 0 Å². The summed E-state index contributed by atoms with van der Waals surface area (Å²) in [7, 11) is -0.639. The van der Waals surface area contributed by atoms with Crippen molar-refractivity contribution in [2.45, 2.75) is 46.0 Å². The van der Waals surface area contributed by atoms with Gasteiger partial charge in [0.25, 0.3) is 0 Å². The van der Waals surface area contributed by atoms with Gasteiger partial charge in [0.2, 0.25) is 8.14 Å². The van der Waals surface area contributed by atoms with Gasteiger partial charge in [-0.1, -0.05) is 46.0 Å². The van der Waals surface area contributed by atoms with E-state index in [0.717, 1.165) is 0 Å². The molecule has 10 heavy (non-hydrogen) atoms. The molecule has 0 amide bonds. The van der Waals surface area contributed by atoms with Crippen LogP contribution >= 0.6 is 22.2 Å². The van der Waals surface area contributed by atoms with Crippen molar-refractivity contribution >= 4 is 30.3 Å². The maximum atomic E-state index is 4.90. The molecule has 0 radical (unpaired) electrons. The number of halogens is 2. The van der Waals surface area contributed by atoms with Crippen molar-refractivity contribution in [2.75, 3.05) is 0 Å². The van der Waals surface area contributed by atoms with Crippen molar-refractivity contribution < 1.29 is 0 Å². The molecule has 0 saturated heterocycles. The molecular weight excluding hydrogens is 183 g/mol. The van der Waals surface area contributed by atoms with E-state index in [1.807, 2.05) is 0 Å². The number of unbranched alkanes of at least 4 members (excludes halogenated alkanes) is 4. The Bertz CT molecular complexity index is 38.6. The molecule has 0 aliphatic heterocycles. The summed E-state index contributed by atoms with van der Waals surface area (Å²) in [6, 6.07) is 0. The van der Waals surface area contributed by atoms with Gasteiger partial charge < -0.3 is 0 Å². The third kappa shape index (κ3) is 23.2. The molecule has 0 saturated carbocycles. The van der Waals surface area contributed by atoms with E-state index in [4.69, 9.17) is 22.2 Å². The topological polar surface area (TPSA) is 0 Å². The van der Waals surface area contributed by atoms with Crippen LogP contribution in [0.4, 0.5) is 0 Å². The van der Waals surface area contributed by atoms with Crippen LogP contribution in [-0.4, -0.2) is 8.14 Å². The standard InChI is InChI=1S/C7H16.Cl2H2Si/c1-3-5-7-6-4-2;1-3-2/h3-7H2,1-2H3;3H2. The van der Waals surface area contributed by atoms with E-state index in [1.54, 1.807) is 0 Å². The number of hydrogen-bond acceptors (Lipinski definition) is 0. The van der Waals surface area contributed by atoms with Crippen molar-refractivity contribution in [3.8, 4) is 0 Å². The van der Waals surface area contributed by atoms with E-state index in [1.165, 1.54) is 32.1 Å². The highest BCUT2D eigenvalue weighted by Gasteiger charge is 1.80. The molecule has 0 aromatic heterocycles. The molecule has 0 heterocycles. The highest BCUT2D eigenvalue weighted by Crippen LogP contribution is 2.00. The van der Waals surface area contributed by atoms with E-state index < -0.39 is 8.14 Å². The average molecular weight is 201 g/mol. The number of rotatable bonds is 4. The van der Waals surface area contributed by atoms with Crippen LogP contribution in [0.15, 0.2) is 0 Å². The summed E-state index contributed by atoms with van der Waals surface area (Å²) < 4.78 is 0. The second-order valence-electron chi connectivity index (χ2n) is 2.16. The Morgan fingerprint density at radius 1 is 0.900 bits per heavy atom. The largest absolute Gasteiger partial charge is 0.222 e. The molecular formula is C7H18Cl2Si. The molecule has 64 valence electrons. The molecule has 0 aliphatic carbocycles. The van der Waals surface area contributed by atoms with Gasteiger partial charge in [0, 0.05) is 0 Å². The van der Waals surface area contributed by atoms with E-state index >= 15 is 0 Å². The SMILES string of the molecule is CCCCCCC.Cl[SiH2]Cl. The molecule has 0 bridgehead atoms. The molecule has 0 aromatic carbocycles. The minimum absolute atomic E-state index is 0.639. The van der Waals surface area contributed by atoms with Crippen molar-refractivity contribution in [3.05, 3.63) is 0 Å². The summed E-state index contributed by atoms with van der Waals surface area (Å²) in [5, 5.41) is 0. The normalized spacial score (nSPS) is 8.40. The van der Waals surface area contributed by atoms with Gasteiger partial charge in [0.15, 0.2) is 0 Å². The second kappa shape index (κ2) is 16.4. The molecule has 0 aromatic rings. The molecule has 0 atom stereocenters. The summed E-state index contributed by atoms with van der Waals surface area (Å²) in [5.41, 5.74) is 0. The molecule has 0 nitrogen and oxygen atoms in total. The van der Waals surface area contributed by atoms with Crippen LogP contribution in [0.1, 0.15) is 46.0 Å². The zero-order valence-corrected chi connectivity index (χ0v) is 9.92. The first kappa shape index (κ1) is 13.4. The van der Waals surface area contributed by atoms with Crippen LogP contribution in [0.2, 0.25) is 0 Å². The minimum Gasteiger partial charge on any atom is -0.155 e. The Hall–Kier alpha value is 0.797. The van der Waals surface area contributed by atoms with Crippen LogP contribution in [0.5, 0.6) is 0 Å². The van der Waals surface area contributed by atoms with Crippen LogP contribution in [0.25, 0.3) is 0 Å². The zero-order valence-electron chi connectivity index (χ0n) is 7.00. The maximum Gasteiger partial charge on any atom is 0.222 e. The first-order valence-electron chi connectivity index (χ1n) is 3.95. The Kier molecular flexibility index (Phi) is 22.0. The predicted octanol–water partition coefficient (Wildman–Crippen LogP) is 3.44. The summed E-state index contributed by atoms with van der Waals surface area (Å²) >= 11 is 9.81. The van der Waals surface area contributed by atoms with Crippen LogP contribution in [-0.2, 0) is 0 Å². The monoisotopic (exact) mass is 200 g/mol. The summed E-state index contributed by atoms with van der Waals surface area (Å²) in [6.45, 7) is 4.49. The fraction of sp³-hybridized carbons (Fsp3) is 1.00. The van der Waals surface area contributed by atoms with Gasteiger partial charge in [-0.05, 0) is 0 Å². The van der Waals surface area contributed by atoms with Crippen molar-refractivity contribution in [1.82, 2.24) is 0 Å². The molecule has 0 spiro atoms. The van der Waals surface area contributed by atoms with Gasteiger partial charge in [0.05, 0.1) is 0 Å². The lowest BCUT2D eigenvalue weighted by Crippen LogP contribution is -1.70. The Labute approximate surface area is 76.5 Å². The molecule has 0 fully saturated rings. The highest BCUT2D eigenvalue weighted by atomic mass is 35.7. The molecule has 0 aliphatic rings. The Balaban J connectivity index is 0. The van der Waals surface area contributed by atoms with E-state index in [2.05, 4.69) is 13.8 Å². The lowest BCUT2D eigenvalue weighted by Gasteiger charge is -1.90. The fourth-order valence-electron chi connectivity index (χ4n) is 0.677. The summed E-state index contributed by atoms with van der Waals surface area (Å²) in [5.74, 6) is 0. The first-order chi connectivity index (χ1) is 4.83. The van der Waals surface area contributed by atoms with Crippen molar-refractivity contribution in [1.29, 1.82) is 0 Å². The lowest BCUT2D eigenvalue weighted by molar-refractivity contribution is 0.656. The molecule has 0 rings (SSSR count). The van der Waals surface area contributed by atoms with Gasteiger partial charge in [-0.25, -0.2) is 0 Å². The van der Waals surface area contributed by atoms with Crippen LogP contribution in [0.3, 0.4) is 0 Å². The fourth-order valence-corrected chi connectivity index (χ4v) is 0.677. The van der Waals surface area contributed by atoms with Crippen LogP contribution in [0, 0.1) is 0 Å². The van der Waals surface area contributed by atoms with Gasteiger partial charge in [-0.3, -0.25) is 0 Å². The number of hydrogen-bond donors (Lipinski definition) is 0. The van der Waals surface area contributed by atoms with E-state index in [9.17, 15) is 0 Å². The quantitative estimate of drug-likeness (QED) is 0.371. The third-order valence-corrected chi connectivity index (χ3v) is 1.21. The predicted molar refractivity (Wildman–Crippen MR) is 54.7 cm³/mol. The van der Waals surface area contributed by atoms with E-state index in [0.29, 0.717) is 0 Å². The van der Waals surface area contributed by atoms with Crippen molar-refractivity contribution in [3.63, 3.8) is 0 Å². The van der Waals surface area contributed by atoms with Crippen LogP contribution < -0.4 is 0 Å². The second-order valence-corrected chi connectivity index (χ2v) is 4.79. The lowest BCUT2D eigenvalue weighted by atomic mass is 10.2. The minimum atomic E-state index is -0.639.